The fraction of sp³-hybridized carbons (Fsp3) is 0.733. The van der Waals surface area contributed by atoms with Crippen LogP contribution >= 0.6 is 0 Å². The van der Waals surface area contributed by atoms with Gasteiger partial charge < -0.3 is 10.6 Å². The monoisotopic (exact) mass is 264 g/mol. The molecule has 19 heavy (non-hydrogen) atoms. The summed E-state index contributed by atoms with van der Waals surface area (Å²) in [5, 5.41) is 6.77. The highest BCUT2D eigenvalue weighted by molar-refractivity contribution is 5.58. The third-order valence-corrected chi connectivity index (χ3v) is 3.88. The zero-order valence-electron chi connectivity index (χ0n) is 13.2. The largest absolute Gasteiger partial charge is 0.373 e. The van der Waals surface area contributed by atoms with E-state index in [1.165, 1.54) is 0 Å². The molecule has 1 aromatic rings. The van der Waals surface area contributed by atoms with E-state index in [9.17, 15) is 0 Å². The Balaban J connectivity index is 3.14. The van der Waals surface area contributed by atoms with E-state index in [-0.39, 0.29) is 5.54 Å². The number of rotatable bonds is 7. The molecule has 0 aliphatic heterocycles. The van der Waals surface area contributed by atoms with E-state index in [0.717, 1.165) is 48.7 Å². The van der Waals surface area contributed by atoms with E-state index < -0.39 is 0 Å². The summed E-state index contributed by atoms with van der Waals surface area (Å²) in [6, 6.07) is 0. The third kappa shape index (κ3) is 3.82. The first kappa shape index (κ1) is 15.7. The lowest BCUT2D eigenvalue weighted by atomic mass is 9.95. The van der Waals surface area contributed by atoms with Gasteiger partial charge in [-0.05, 0) is 33.1 Å². The number of aromatic nitrogens is 2. The number of hydrogen-bond donors (Lipinski definition) is 2. The van der Waals surface area contributed by atoms with Crippen LogP contribution in [-0.4, -0.2) is 22.6 Å². The molecule has 0 saturated carbocycles. The third-order valence-electron chi connectivity index (χ3n) is 3.88. The lowest BCUT2D eigenvalue weighted by molar-refractivity contribution is 0.476. The smallest absolute Gasteiger partial charge is 0.135 e. The SMILES string of the molecule is CCCc1nc(NC)c(C)c(NC(C)(CC)CC)n1. The van der Waals surface area contributed by atoms with Gasteiger partial charge in [-0.1, -0.05) is 20.8 Å². The Labute approximate surface area is 117 Å². The van der Waals surface area contributed by atoms with Gasteiger partial charge in [-0.3, -0.25) is 0 Å². The van der Waals surface area contributed by atoms with Gasteiger partial charge in [0.25, 0.3) is 0 Å². The maximum absolute atomic E-state index is 4.69. The summed E-state index contributed by atoms with van der Waals surface area (Å²) in [4.78, 5) is 9.25. The quantitative estimate of drug-likeness (QED) is 0.787. The Bertz CT molecular complexity index is 411. The molecule has 0 radical (unpaired) electrons. The lowest BCUT2D eigenvalue weighted by Crippen LogP contribution is -2.34. The standard InChI is InChI=1S/C15H28N4/c1-7-10-12-17-13(16-6)11(4)14(18-12)19-15(5,8-2)9-3/h7-10H2,1-6H3,(H2,16,17,18,19). The minimum absolute atomic E-state index is 0.0909. The van der Waals surface area contributed by atoms with Crippen LogP contribution in [0.5, 0.6) is 0 Å². The first-order chi connectivity index (χ1) is 8.99. The molecule has 4 heteroatoms. The zero-order chi connectivity index (χ0) is 14.5. The van der Waals surface area contributed by atoms with Gasteiger partial charge in [-0.25, -0.2) is 9.97 Å². The van der Waals surface area contributed by atoms with Crippen molar-refractivity contribution in [3.05, 3.63) is 11.4 Å². The van der Waals surface area contributed by atoms with Crippen molar-refractivity contribution in [1.82, 2.24) is 9.97 Å². The number of aryl methyl sites for hydroxylation is 1. The highest BCUT2D eigenvalue weighted by atomic mass is 15.1. The molecule has 0 unspecified atom stereocenters. The molecular weight excluding hydrogens is 236 g/mol. The van der Waals surface area contributed by atoms with Crippen LogP contribution in [0.1, 0.15) is 58.3 Å². The Hall–Kier alpha value is -1.32. The Morgan fingerprint density at radius 1 is 1.05 bits per heavy atom. The maximum Gasteiger partial charge on any atom is 0.135 e. The summed E-state index contributed by atoms with van der Waals surface area (Å²) >= 11 is 0. The molecule has 1 aromatic heterocycles. The van der Waals surface area contributed by atoms with E-state index in [2.05, 4.69) is 55.2 Å². The van der Waals surface area contributed by atoms with Gasteiger partial charge >= 0.3 is 0 Å². The topological polar surface area (TPSA) is 49.8 Å². The molecule has 0 fully saturated rings. The fourth-order valence-electron chi connectivity index (χ4n) is 1.98. The van der Waals surface area contributed by atoms with Crippen molar-refractivity contribution in [2.45, 2.75) is 65.8 Å². The summed E-state index contributed by atoms with van der Waals surface area (Å²) in [7, 11) is 1.91. The van der Waals surface area contributed by atoms with Crippen LogP contribution in [0, 0.1) is 6.92 Å². The van der Waals surface area contributed by atoms with E-state index in [1.54, 1.807) is 0 Å². The fourth-order valence-corrected chi connectivity index (χ4v) is 1.98. The number of anilines is 2. The van der Waals surface area contributed by atoms with Gasteiger partial charge in [0, 0.05) is 24.6 Å². The highest BCUT2D eigenvalue weighted by Crippen LogP contribution is 2.26. The summed E-state index contributed by atoms with van der Waals surface area (Å²) < 4.78 is 0. The normalized spacial score (nSPS) is 11.5. The van der Waals surface area contributed by atoms with Crippen LogP contribution in [-0.2, 0) is 6.42 Å². The average molecular weight is 264 g/mol. The predicted molar refractivity (Wildman–Crippen MR) is 82.9 cm³/mol. The van der Waals surface area contributed by atoms with E-state index in [1.807, 2.05) is 7.05 Å². The second kappa shape index (κ2) is 6.73. The average Bonchev–Trinajstić information content (AvgIpc) is 2.42. The Morgan fingerprint density at radius 3 is 2.11 bits per heavy atom. The lowest BCUT2D eigenvalue weighted by Gasteiger charge is -2.30. The molecule has 0 amide bonds. The maximum atomic E-state index is 4.69. The van der Waals surface area contributed by atoms with Crippen LogP contribution in [0.3, 0.4) is 0 Å². The molecular formula is C15H28N4. The number of nitrogens with one attached hydrogen (secondary N) is 2. The van der Waals surface area contributed by atoms with Gasteiger partial charge in [0.2, 0.25) is 0 Å². The predicted octanol–water partition coefficient (Wildman–Crippen LogP) is 3.77. The Morgan fingerprint density at radius 2 is 1.63 bits per heavy atom. The van der Waals surface area contributed by atoms with Crippen LogP contribution in [0.2, 0.25) is 0 Å². The van der Waals surface area contributed by atoms with Gasteiger partial charge in [-0.15, -0.1) is 0 Å². The highest BCUT2D eigenvalue weighted by Gasteiger charge is 2.21. The molecule has 0 aliphatic rings. The van der Waals surface area contributed by atoms with Crippen LogP contribution in [0.25, 0.3) is 0 Å². The summed E-state index contributed by atoms with van der Waals surface area (Å²) in [5.41, 5.74) is 1.18. The summed E-state index contributed by atoms with van der Waals surface area (Å²) in [6.07, 6.45) is 4.12. The number of hydrogen-bond acceptors (Lipinski definition) is 4. The second-order valence-electron chi connectivity index (χ2n) is 5.35. The molecule has 1 rings (SSSR count). The summed E-state index contributed by atoms with van der Waals surface area (Å²) in [6.45, 7) is 10.9. The van der Waals surface area contributed by atoms with Gasteiger partial charge in [0.1, 0.15) is 17.5 Å². The van der Waals surface area contributed by atoms with Crippen molar-refractivity contribution in [3.63, 3.8) is 0 Å². The zero-order valence-corrected chi connectivity index (χ0v) is 13.2. The molecule has 1 heterocycles. The number of nitrogens with zero attached hydrogens (tertiary/aromatic N) is 2. The first-order valence-corrected chi connectivity index (χ1v) is 7.33. The molecule has 2 N–H and O–H groups in total. The van der Waals surface area contributed by atoms with Crippen molar-refractivity contribution in [1.29, 1.82) is 0 Å². The van der Waals surface area contributed by atoms with Gasteiger partial charge in [-0.2, -0.15) is 0 Å². The minimum atomic E-state index is 0.0909. The van der Waals surface area contributed by atoms with E-state index in [0.29, 0.717) is 0 Å². The molecule has 0 aliphatic carbocycles. The summed E-state index contributed by atoms with van der Waals surface area (Å²) in [5.74, 6) is 2.80. The first-order valence-electron chi connectivity index (χ1n) is 7.33. The Kier molecular flexibility index (Phi) is 5.58. The molecule has 108 valence electrons. The molecule has 0 bridgehead atoms. The van der Waals surface area contributed by atoms with Crippen molar-refractivity contribution < 1.29 is 0 Å². The molecule has 0 aromatic carbocycles. The molecule has 0 atom stereocenters. The second-order valence-corrected chi connectivity index (χ2v) is 5.35. The molecule has 0 saturated heterocycles. The van der Waals surface area contributed by atoms with Gasteiger partial charge in [0.05, 0.1) is 0 Å². The minimum Gasteiger partial charge on any atom is -0.373 e. The van der Waals surface area contributed by atoms with Crippen molar-refractivity contribution in [2.75, 3.05) is 17.7 Å². The van der Waals surface area contributed by atoms with Crippen molar-refractivity contribution >= 4 is 11.6 Å². The van der Waals surface area contributed by atoms with Crippen molar-refractivity contribution in [2.24, 2.45) is 0 Å². The molecule has 0 spiro atoms. The van der Waals surface area contributed by atoms with Crippen LogP contribution in [0.15, 0.2) is 0 Å². The van der Waals surface area contributed by atoms with Crippen LogP contribution in [0.4, 0.5) is 11.6 Å². The van der Waals surface area contributed by atoms with E-state index in [4.69, 9.17) is 0 Å². The van der Waals surface area contributed by atoms with Crippen LogP contribution < -0.4 is 10.6 Å². The van der Waals surface area contributed by atoms with Crippen molar-refractivity contribution in [3.8, 4) is 0 Å². The van der Waals surface area contributed by atoms with E-state index >= 15 is 0 Å². The molecule has 4 nitrogen and oxygen atoms in total. The van der Waals surface area contributed by atoms with Gasteiger partial charge in [0.15, 0.2) is 0 Å².